The summed E-state index contributed by atoms with van der Waals surface area (Å²) in [6.07, 6.45) is 4.08. The Bertz CT molecular complexity index is 620. The summed E-state index contributed by atoms with van der Waals surface area (Å²) in [7, 11) is 0. The van der Waals surface area contributed by atoms with Crippen LogP contribution in [0.5, 0.6) is 0 Å². The minimum atomic E-state index is 0.578. The fraction of sp³-hybridized carbons (Fsp3) is 0.0714. The van der Waals surface area contributed by atoms with Crippen molar-refractivity contribution in [2.45, 2.75) is 6.42 Å². The average Bonchev–Trinajstić information content (AvgIpc) is 2.89. The Labute approximate surface area is 104 Å². The van der Waals surface area contributed by atoms with Gasteiger partial charge in [-0.15, -0.1) is 0 Å². The van der Waals surface area contributed by atoms with Crippen molar-refractivity contribution in [3.8, 4) is 11.4 Å². The molecular formula is C14H11N3O. The molecule has 0 aliphatic heterocycles. The summed E-state index contributed by atoms with van der Waals surface area (Å²) in [6.45, 7) is 0. The van der Waals surface area contributed by atoms with Crippen molar-refractivity contribution < 1.29 is 4.52 Å². The molecule has 0 fully saturated rings. The summed E-state index contributed by atoms with van der Waals surface area (Å²) >= 11 is 0. The molecule has 0 saturated heterocycles. The van der Waals surface area contributed by atoms with Crippen molar-refractivity contribution in [3.63, 3.8) is 0 Å². The van der Waals surface area contributed by atoms with Gasteiger partial charge in [-0.2, -0.15) is 4.98 Å². The number of hydrogen-bond acceptors (Lipinski definition) is 4. The number of nitrogens with zero attached hydrogens (tertiary/aromatic N) is 3. The molecule has 88 valence electrons. The van der Waals surface area contributed by atoms with Gasteiger partial charge >= 0.3 is 0 Å². The van der Waals surface area contributed by atoms with Crippen molar-refractivity contribution in [2.75, 3.05) is 0 Å². The van der Waals surface area contributed by atoms with E-state index in [2.05, 4.69) is 15.1 Å². The van der Waals surface area contributed by atoms with Crippen molar-refractivity contribution in [3.05, 3.63) is 66.3 Å². The molecule has 0 unspecified atom stereocenters. The topological polar surface area (TPSA) is 51.8 Å². The maximum atomic E-state index is 5.23. The lowest BCUT2D eigenvalue weighted by molar-refractivity contribution is 0.385. The second-order valence-corrected chi connectivity index (χ2v) is 3.92. The molecule has 0 bridgehead atoms. The van der Waals surface area contributed by atoms with Crippen molar-refractivity contribution in [2.24, 2.45) is 0 Å². The van der Waals surface area contributed by atoms with E-state index in [9.17, 15) is 0 Å². The van der Waals surface area contributed by atoms with Gasteiger partial charge in [-0.05, 0) is 17.7 Å². The molecule has 0 spiro atoms. The van der Waals surface area contributed by atoms with E-state index in [0.29, 0.717) is 18.1 Å². The lowest BCUT2D eigenvalue weighted by Crippen LogP contribution is -1.88. The highest BCUT2D eigenvalue weighted by molar-refractivity contribution is 5.51. The smallest absolute Gasteiger partial charge is 0.231 e. The van der Waals surface area contributed by atoms with Crippen LogP contribution in [0.2, 0.25) is 0 Å². The number of hydrogen-bond donors (Lipinski definition) is 0. The van der Waals surface area contributed by atoms with Gasteiger partial charge in [-0.1, -0.05) is 35.5 Å². The summed E-state index contributed by atoms with van der Waals surface area (Å²) in [6, 6.07) is 13.8. The highest BCUT2D eigenvalue weighted by Gasteiger charge is 2.08. The Morgan fingerprint density at radius 2 is 1.89 bits per heavy atom. The Morgan fingerprint density at radius 1 is 1.00 bits per heavy atom. The van der Waals surface area contributed by atoms with Crippen LogP contribution in [0, 0.1) is 0 Å². The van der Waals surface area contributed by atoms with E-state index in [0.717, 1.165) is 11.1 Å². The number of benzene rings is 1. The maximum Gasteiger partial charge on any atom is 0.231 e. The van der Waals surface area contributed by atoms with E-state index in [4.69, 9.17) is 4.52 Å². The summed E-state index contributed by atoms with van der Waals surface area (Å²) < 4.78 is 5.23. The monoisotopic (exact) mass is 237 g/mol. The molecule has 18 heavy (non-hydrogen) atoms. The van der Waals surface area contributed by atoms with E-state index < -0.39 is 0 Å². The molecular weight excluding hydrogens is 226 g/mol. The van der Waals surface area contributed by atoms with Gasteiger partial charge in [0.05, 0.1) is 6.42 Å². The normalized spacial score (nSPS) is 10.4. The van der Waals surface area contributed by atoms with E-state index in [1.807, 2.05) is 42.5 Å². The zero-order valence-corrected chi connectivity index (χ0v) is 9.65. The summed E-state index contributed by atoms with van der Waals surface area (Å²) in [5.41, 5.74) is 2.01. The molecule has 3 rings (SSSR count). The van der Waals surface area contributed by atoms with E-state index in [-0.39, 0.29) is 0 Å². The van der Waals surface area contributed by atoms with Crippen molar-refractivity contribution in [1.82, 2.24) is 15.1 Å². The quantitative estimate of drug-likeness (QED) is 0.702. The minimum absolute atomic E-state index is 0.578. The second-order valence-electron chi connectivity index (χ2n) is 3.92. The third-order valence-electron chi connectivity index (χ3n) is 2.59. The van der Waals surface area contributed by atoms with Gasteiger partial charge in [0.2, 0.25) is 11.7 Å². The summed E-state index contributed by atoms with van der Waals surface area (Å²) in [5, 5.41) is 3.96. The van der Waals surface area contributed by atoms with Gasteiger partial charge < -0.3 is 4.52 Å². The van der Waals surface area contributed by atoms with Crippen LogP contribution >= 0.6 is 0 Å². The molecule has 2 heterocycles. The molecule has 0 saturated carbocycles. The Kier molecular flexibility index (Phi) is 2.84. The molecule has 2 aromatic heterocycles. The van der Waals surface area contributed by atoms with Crippen LogP contribution in [0.1, 0.15) is 11.5 Å². The third-order valence-corrected chi connectivity index (χ3v) is 2.59. The highest BCUT2D eigenvalue weighted by Crippen LogP contribution is 2.15. The van der Waals surface area contributed by atoms with Crippen LogP contribution in [0.3, 0.4) is 0 Å². The Morgan fingerprint density at radius 3 is 2.67 bits per heavy atom. The molecule has 1 aromatic carbocycles. The number of pyridine rings is 1. The van der Waals surface area contributed by atoms with Gasteiger partial charge in [0.25, 0.3) is 0 Å². The van der Waals surface area contributed by atoms with Crippen LogP contribution in [0.4, 0.5) is 0 Å². The fourth-order valence-corrected chi connectivity index (χ4v) is 1.71. The summed E-state index contributed by atoms with van der Waals surface area (Å²) in [5.74, 6) is 1.19. The van der Waals surface area contributed by atoms with Crippen molar-refractivity contribution in [1.29, 1.82) is 0 Å². The van der Waals surface area contributed by atoms with Crippen LogP contribution in [0.15, 0.2) is 59.4 Å². The first-order valence-corrected chi connectivity index (χ1v) is 5.69. The Hall–Kier alpha value is -2.49. The van der Waals surface area contributed by atoms with E-state index in [1.54, 1.807) is 12.4 Å². The number of aromatic nitrogens is 3. The zero-order valence-electron chi connectivity index (χ0n) is 9.65. The first-order chi connectivity index (χ1) is 8.92. The average molecular weight is 237 g/mol. The highest BCUT2D eigenvalue weighted by atomic mass is 16.5. The molecule has 0 N–H and O–H groups in total. The van der Waals surface area contributed by atoms with Gasteiger partial charge in [-0.25, -0.2) is 0 Å². The third kappa shape index (κ3) is 2.27. The van der Waals surface area contributed by atoms with Gasteiger partial charge in [0.1, 0.15) is 0 Å². The fourth-order valence-electron chi connectivity index (χ4n) is 1.71. The molecule has 0 aliphatic carbocycles. The summed E-state index contributed by atoms with van der Waals surface area (Å²) in [4.78, 5) is 8.39. The van der Waals surface area contributed by atoms with Crippen LogP contribution in [-0.2, 0) is 6.42 Å². The first kappa shape index (κ1) is 10.7. The SMILES string of the molecule is c1ccc(Cc2nc(-c3cccnc3)no2)cc1. The van der Waals surface area contributed by atoms with Gasteiger partial charge in [0, 0.05) is 18.0 Å². The van der Waals surface area contributed by atoms with Crippen LogP contribution < -0.4 is 0 Å². The molecule has 0 amide bonds. The molecule has 4 heteroatoms. The largest absolute Gasteiger partial charge is 0.339 e. The van der Waals surface area contributed by atoms with Gasteiger partial charge in [-0.3, -0.25) is 4.98 Å². The standard InChI is InChI=1S/C14H11N3O/c1-2-5-11(6-3-1)9-13-16-14(17-18-13)12-7-4-8-15-10-12/h1-8,10H,9H2. The second kappa shape index (κ2) is 4.79. The molecule has 0 atom stereocenters. The van der Waals surface area contributed by atoms with Crippen molar-refractivity contribution >= 4 is 0 Å². The molecule has 0 radical (unpaired) electrons. The maximum absolute atomic E-state index is 5.23. The lowest BCUT2D eigenvalue weighted by atomic mass is 10.1. The van der Waals surface area contributed by atoms with E-state index in [1.165, 1.54) is 0 Å². The van der Waals surface area contributed by atoms with Gasteiger partial charge in [0.15, 0.2) is 0 Å². The van der Waals surface area contributed by atoms with Crippen LogP contribution in [0.25, 0.3) is 11.4 Å². The Balaban J connectivity index is 1.82. The van der Waals surface area contributed by atoms with E-state index >= 15 is 0 Å². The number of rotatable bonds is 3. The zero-order chi connectivity index (χ0) is 12.2. The molecule has 3 aromatic rings. The predicted molar refractivity (Wildman–Crippen MR) is 66.8 cm³/mol. The minimum Gasteiger partial charge on any atom is -0.339 e. The predicted octanol–water partition coefficient (Wildman–Crippen LogP) is 2.72. The molecule has 4 nitrogen and oxygen atoms in total. The van der Waals surface area contributed by atoms with Crippen LogP contribution in [-0.4, -0.2) is 15.1 Å². The first-order valence-electron chi connectivity index (χ1n) is 5.69. The lowest BCUT2D eigenvalue weighted by Gasteiger charge is -1.94. The molecule has 0 aliphatic rings.